The van der Waals surface area contributed by atoms with Crippen LogP contribution in [0.3, 0.4) is 0 Å². The molecule has 1 N–H and O–H groups in total. The van der Waals surface area contributed by atoms with E-state index in [1.54, 1.807) is 0 Å². The van der Waals surface area contributed by atoms with E-state index < -0.39 is 0 Å². The summed E-state index contributed by atoms with van der Waals surface area (Å²) in [6, 6.07) is 8.98. The van der Waals surface area contributed by atoms with Crippen molar-refractivity contribution in [3.8, 4) is 0 Å². The van der Waals surface area contributed by atoms with Crippen LogP contribution in [0.25, 0.3) is 0 Å². The van der Waals surface area contributed by atoms with Gasteiger partial charge in [-0.1, -0.05) is 12.1 Å². The number of rotatable bonds is 2. The van der Waals surface area contributed by atoms with Crippen LogP contribution in [0.5, 0.6) is 0 Å². The molecule has 1 aromatic rings. The van der Waals surface area contributed by atoms with Crippen molar-refractivity contribution in [2.75, 3.05) is 18.5 Å². The van der Waals surface area contributed by atoms with Crippen molar-refractivity contribution in [1.29, 1.82) is 0 Å². The fourth-order valence-corrected chi connectivity index (χ4v) is 3.33. The van der Waals surface area contributed by atoms with Crippen molar-refractivity contribution in [3.63, 3.8) is 0 Å². The molecule has 0 aromatic heterocycles. The van der Waals surface area contributed by atoms with Gasteiger partial charge >= 0.3 is 0 Å². The van der Waals surface area contributed by atoms with Crippen molar-refractivity contribution in [1.82, 2.24) is 0 Å². The van der Waals surface area contributed by atoms with E-state index >= 15 is 0 Å². The summed E-state index contributed by atoms with van der Waals surface area (Å²) in [4.78, 5) is 0. The van der Waals surface area contributed by atoms with E-state index in [-0.39, 0.29) is 5.79 Å². The van der Waals surface area contributed by atoms with Crippen molar-refractivity contribution in [2.45, 2.75) is 37.5 Å². The molecule has 0 radical (unpaired) electrons. The van der Waals surface area contributed by atoms with Gasteiger partial charge in [0.15, 0.2) is 5.79 Å². The minimum Gasteiger partial charge on any atom is -0.381 e. The van der Waals surface area contributed by atoms with Gasteiger partial charge in [-0.15, -0.1) is 0 Å². The number of nitrogens with one attached hydrogen (secondary N) is 1. The number of benzene rings is 1. The van der Waals surface area contributed by atoms with Gasteiger partial charge in [0.05, 0.1) is 13.2 Å². The molecule has 1 saturated carbocycles. The Kier molecular flexibility index (Phi) is 3.77. The van der Waals surface area contributed by atoms with Gasteiger partial charge in [0, 0.05) is 28.1 Å². The predicted molar refractivity (Wildman–Crippen MR) is 79.7 cm³/mol. The Hall–Kier alpha value is -0.330. The van der Waals surface area contributed by atoms with Gasteiger partial charge in [-0.2, -0.15) is 0 Å². The van der Waals surface area contributed by atoms with Crippen LogP contribution < -0.4 is 5.32 Å². The second-order valence-corrected chi connectivity index (χ2v) is 6.17. The van der Waals surface area contributed by atoms with Crippen molar-refractivity contribution >= 4 is 28.3 Å². The fourth-order valence-electron chi connectivity index (χ4n) is 2.79. The molecule has 3 nitrogen and oxygen atoms in total. The van der Waals surface area contributed by atoms with E-state index in [0.29, 0.717) is 6.04 Å². The van der Waals surface area contributed by atoms with Crippen LogP contribution in [0.1, 0.15) is 25.7 Å². The molecule has 0 atom stereocenters. The molecule has 0 bridgehead atoms. The van der Waals surface area contributed by atoms with Crippen molar-refractivity contribution in [3.05, 3.63) is 27.8 Å². The lowest BCUT2D eigenvalue weighted by molar-refractivity contribution is -0.177. The molecule has 2 fully saturated rings. The van der Waals surface area contributed by atoms with Crippen LogP contribution in [-0.2, 0) is 9.47 Å². The Labute approximate surface area is 121 Å². The lowest BCUT2D eigenvalue weighted by Gasteiger charge is -2.36. The SMILES string of the molecule is Ic1ccccc1NC1CCC2(CC1)OCCO2. The first-order chi connectivity index (χ1) is 8.77. The molecule has 1 aliphatic heterocycles. The van der Waals surface area contributed by atoms with Crippen LogP contribution in [0.15, 0.2) is 24.3 Å². The first kappa shape index (κ1) is 12.7. The molecule has 18 heavy (non-hydrogen) atoms. The Morgan fingerprint density at radius 2 is 1.78 bits per heavy atom. The molecular formula is C14H18INO2. The first-order valence-corrected chi connectivity index (χ1v) is 7.64. The summed E-state index contributed by atoms with van der Waals surface area (Å²) in [6.07, 6.45) is 4.25. The van der Waals surface area contributed by atoms with Gasteiger partial charge < -0.3 is 14.8 Å². The highest BCUT2D eigenvalue weighted by atomic mass is 127. The minimum absolute atomic E-state index is 0.248. The second kappa shape index (κ2) is 5.35. The maximum absolute atomic E-state index is 5.75. The molecule has 1 aromatic carbocycles. The summed E-state index contributed by atoms with van der Waals surface area (Å²) in [6.45, 7) is 1.52. The third-order valence-corrected chi connectivity index (χ3v) is 4.74. The van der Waals surface area contributed by atoms with Crippen molar-refractivity contribution < 1.29 is 9.47 Å². The number of halogens is 1. The lowest BCUT2D eigenvalue weighted by atomic mass is 9.90. The van der Waals surface area contributed by atoms with Gasteiger partial charge in [-0.3, -0.25) is 0 Å². The van der Waals surface area contributed by atoms with Crippen molar-refractivity contribution in [2.24, 2.45) is 0 Å². The quantitative estimate of drug-likeness (QED) is 0.822. The Bertz CT molecular complexity index is 408. The van der Waals surface area contributed by atoms with E-state index in [0.717, 1.165) is 38.9 Å². The third kappa shape index (κ3) is 2.65. The maximum Gasteiger partial charge on any atom is 0.168 e. The van der Waals surface area contributed by atoms with Crippen LogP contribution in [0.2, 0.25) is 0 Å². The van der Waals surface area contributed by atoms with E-state index in [2.05, 4.69) is 52.2 Å². The topological polar surface area (TPSA) is 30.5 Å². The molecule has 1 saturated heterocycles. The Morgan fingerprint density at radius 3 is 2.44 bits per heavy atom. The first-order valence-electron chi connectivity index (χ1n) is 6.56. The number of anilines is 1. The molecule has 2 aliphatic rings. The largest absolute Gasteiger partial charge is 0.381 e. The monoisotopic (exact) mass is 359 g/mol. The number of para-hydroxylation sites is 1. The fraction of sp³-hybridized carbons (Fsp3) is 0.571. The lowest BCUT2D eigenvalue weighted by Crippen LogP contribution is -2.39. The van der Waals surface area contributed by atoms with Crippen LogP contribution in [-0.4, -0.2) is 25.0 Å². The summed E-state index contributed by atoms with van der Waals surface area (Å²) in [5, 5.41) is 3.64. The predicted octanol–water partition coefficient (Wildman–Crippen LogP) is 3.39. The third-order valence-electron chi connectivity index (χ3n) is 3.79. The summed E-state index contributed by atoms with van der Waals surface area (Å²) in [5.74, 6) is -0.248. The van der Waals surface area contributed by atoms with Crippen LogP contribution >= 0.6 is 22.6 Å². The summed E-state index contributed by atoms with van der Waals surface area (Å²) < 4.78 is 12.8. The molecular weight excluding hydrogens is 341 g/mol. The molecule has 4 heteroatoms. The number of hydrogen-bond acceptors (Lipinski definition) is 3. The summed E-state index contributed by atoms with van der Waals surface area (Å²) in [7, 11) is 0. The summed E-state index contributed by atoms with van der Waals surface area (Å²) >= 11 is 2.38. The normalized spacial score (nSPS) is 23.4. The zero-order valence-electron chi connectivity index (χ0n) is 10.3. The highest BCUT2D eigenvalue weighted by molar-refractivity contribution is 14.1. The maximum atomic E-state index is 5.75. The zero-order valence-corrected chi connectivity index (χ0v) is 12.5. The number of hydrogen-bond donors (Lipinski definition) is 1. The van der Waals surface area contributed by atoms with E-state index in [1.165, 1.54) is 9.26 Å². The van der Waals surface area contributed by atoms with Gasteiger partial charge in [0.1, 0.15) is 0 Å². The van der Waals surface area contributed by atoms with Gasteiger partial charge in [-0.25, -0.2) is 0 Å². The molecule has 1 heterocycles. The average molecular weight is 359 g/mol. The molecule has 0 unspecified atom stereocenters. The smallest absolute Gasteiger partial charge is 0.168 e. The Balaban J connectivity index is 1.59. The standard InChI is InChI=1S/C14H18INO2/c15-12-3-1-2-4-13(12)16-11-5-7-14(8-6-11)17-9-10-18-14/h1-4,11,16H,5-10H2. The van der Waals surface area contributed by atoms with E-state index in [1.807, 2.05) is 0 Å². The van der Waals surface area contributed by atoms with Gasteiger partial charge in [-0.05, 0) is 47.6 Å². The summed E-state index contributed by atoms with van der Waals surface area (Å²) in [5.41, 5.74) is 1.24. The average Bonchev–Trinajstić information content (AvgIpc) is 2.84. The molecule has 1 aliphatic carbocycles. The molecule has 0 amide bonds. The molecule has 98 valence electrons. The van der Waals surface area contributed by atoms with Crippen LogP contribution in [0, 0.1) is 3.57 Å². The van der Waals surface area contributed by atoms with Crippen LogP contribution in [0.4, 0.5) is 5.69 Å². The van der Waals surface area contributed by atoms with Gasteiger partial charge in [0.2, 0.25) is 0 Å². The zero-order chi connectivity index (χ0) is 12.4. The van der Waals surface area contributed by atoms with E-state index in [9.17, 15) is 0 Å². The minimum atomic E-state index is -0.248. The second-order valence-electron chi connectivity index (χ2n) is 5.01. The number of ether oxygens (including phenoxy) is 2. The molecule has 1 spiro atoms. The van der Waals surface area contributed by atoms with E-state index in [4.69, 9.17) is 9.47 Å². The highest BCUT2D eigenvalue weighted by Gasteiger charge is 2.40. The highest BCUT2D eigenvalue weighted by Crippen LogP contribution is 2.36. The van der Waals surface area contributed by atoms with Gasteiger partial charge in [0.25, 0.3) is 0 Å². The Morgan fingerprint density at radius 1 is 1.11 bits per heavy atom. The molecule has 3 rings (SSSR count).